The number of tetrazole rings is 1. The average molecular weight is 564 g/mol. The summed E-state index contributed by atoms with van der Waals surface area (Å²) in [6, 6.07) is 23.6. The molecule has 3 aromatic carbocycles. The van der Waals surface area contributed by atoms with E-state index in [-0.39, 0.29) is 29.3 Å². The zero-order valence-corrected chi connectivity index (χ0v) is 24.3. The van der Waals surface area contributed by atoms with Gasteiger partial charge in [-0.1, -0.05) is 81.4 Å². The van der Waals surface area contributed by atoms with Crippen LogP contribution in [0.5, 0.6) is 0 Å². The van der Waals surface area contributed by atoms with E-state index in [2.05, 4.69) is 41.4 Å². The minimum atomic E-state index is -0.537. The van der Waals surface area contributed by atoms with Crippen LogP contribution in [0.25, 0.3) is 22.5 Å². The lowest BCUT2D eigenvalue weighted by atomic mass is 9.87. The lowest BCUT2D eigenvalue weighted by molar-refractivity contribution is -0.115. The Hall–Kier alpha value is -5.12. The molecule has 0 unspecified atom stereocenters. The first-order chi connectivity index (χ1) is 20.2. The number of nitrogens with one attached hydrogen (secondary N) is 1. The van der Waals surface area contributed by atoms with Gasteiger partial charge in [0.15, 0.2) is 5.82 Å². The second-order valence-corrected chi connectivity index (χ2v) is 10.9. The van der Waals surface area contributed by atoms with Crippen molar-refractivity contribution in [2.45, 2.75) is 46.6 Å². The van der Waals surface area contributed by atoms with Crippen LogP contribution in [0, 0.1) is 0 Å². The first kappa shape index (κ1) is 28.4. The number of ether oxygens (including phenoxy) is 1. The maximum absolute atomic E-state index is 13.0. The van der Waals surface area contributed by atoms with Crippen molar-refractivity contribution in [2.75, 3.05) is 11.5 Å². The van der Waals surface area contributed by atoms with Crippen molar-refractivity contribution in [3.05, 3.63) is 95.7 Å². The molecule has 0 aliphatic heterocycles. The molecule has 0 fully saturated rings. The quantitative estimate of drug-likeness (QED) is 0.232. The SMILES string of the molecule is CCOC(=O)c1cn(Cc2ccc(-c3ccccc3-c3nn[nH]n3)cc2)nc1N(C(C)=O)c1ccc(C(C)(C)C)cc1. The highest BCUT2D eigenvalue weighted by molar-refractivity contribution is 6.04. The number of rotatable bonds is 8. The molecule has 5 rings (SSSR count). The van der Waals surface area contributed by atoms with Gasteiger partial charge >= 0.3 is 5.97 Å². The Labute approximate surface area is 244 Å². The number of carbonyl (C=O) groups is 2. The summed E-state index contributed by atoms with van der Waals surface area (Å²) in [6.07, 6.45) is 1.63. The molecule has 0 atom stereocenters. The maximum atomic E-state index is 13.0. The van der Waals surface area contributed by atoms with Gasteiger partial charge in [0.2, 0.25) is 11.7 Å². The molecule has 0 saturated heterocycles. The Kier molecular flexibility index (Phi) is 7.97. The minimum Gasteiger partial charge on any atom is -0.462 e. The van der Waals surface area contributed by atoms with Crippen LogP contribution in [0.3, 0.4) is 0 Å². The molecular formula is C32H33N7O3. The van der Waals surface area contributed by atoms with Crippen molar-refractivity contribution < 1.29 is 14.3 Å². The molecule has 10 heteroatoms. The van der Waals surface area contributed by atoms with Gasteiger partial charge < -0.3 is 4.74 Å². The van der Waals surface area contributed by atoms with Crippen LogP contribution in [0.15, 0.2) is 79.0 Å². The highest BCUT2D eigenvalue weighted by Crippen LogP contribution is 2.32. The van der Waals surface area contributed by atoms with Crippen LogP contribution in [0.1, 0.15) is 56.1 Å². The largest absolute Gasteiger partial charge is 0.462 e. The van der Waals surface area contributed by atoms with Gasteiger partial charge in [-0.3, -0.25) is 14.4 Å². The summed E-state index contributed by atoms with van der Waals surface area (Å²) in [5.74, 6) is -0.0490. The molecule has 2 aromatic heterocycles. The van der Waals surface area contributed by atoms with Crippen LogP contribution in [-0.2, 0) is 21.5 Å². The smallest absolute Gasteiger partial charge is 0.343 e. The molecule has 214 valence electrons. The summed E-state index contributed by atoms with van der Waals surface area (Å²) in [7, 11) is 0. The highest BCUT2D eigenvalue weighted by Gasteiger charge is 2.27. The van der Waals surface area contributed by atoms with E-state index in [1.54, 1.807) is 17.8 Å². The standard InChI is InChI=1S/C32H33N7O3/c1-6-42-31(41)28-20-38(35-30(28)39(21(2)40)25-17-15-24(16-18-25)32(3,4)5)19-22-11-13-23(14-12-22)26-9-7-8-10-27(26)29-33-36-37-34-29/h7-18,20H,6,19H2,1-5H3,(H,33,34,36,37). The van der Waals surface area contributed by atoms with Gasteiger partial charge in [0.1, 0.15) is 5.56 Å². The van der Waals surface area contributed by atoms with Crippen molar-refractivity contribution in [1.29, 1.82) is 0 Å². The van der Waals surface area contributed by atoms with Crippen molar-refractivity contribution in [3.8, 4) is 22.5 Å². The number of esters is 1. The third kappa shape index (κ3) is 5.97. The zero-order chi connectivity index (χ0) is 29.9. The monoisotopic (exact) mass is 563 g/mol. The molecular weight excluding hydrogens is 530 g/mol. The van der Waals surface area contributed by atoms with E-state index in [1.807, 2.05) is 72.8 Å². The van der Waals surface area contributed by atoms with Gasteiger partial charge in [-0.25, -0.2) is 4.79 Å². The Balaban J connectivity index is 1.46. The fraction of sp³-hybridized carbons (Fsp3) is 0.250. The number of carbonyl (C=O) groups excluding carboxylic acids is 2. The first-order valence-corrected chi connectivity index (χ1v) is 13.7. The lowest BCUT2D eigenvalue weighted by Gasteiger charge is -2.23. The van der Waals surface area contributed by atoms with Crippen LogP contribution >= 0.6 is 0 Å². The fourth-order valence-electron chi connectivity index (χ4n) is 4.76. The van der Waals surface area contributed by atoms with Crippen LogP contribution in [-0.4, -0.2) is 48.9 Å². The van der Waals surface area contributed by atoms with Gasteiger partial charge in [0, 0.05) is 18.7 Å². The number of hydrogen-bond acceptors (Lipinski definition) is 7. The molecule has 1 N–H and O–H groups in total. The number of benzene rings is 3. The van der Waals surface area contributed by atoms with E-state index in [9.17, 15) is 9.59 Å². The Morgan fingerprint density at radius 3 is 2.24 bits per heavy atom. The molecule has 0 aliphatic carbocycles. The molecule has 0 bridgehead atoms. The van der Waals surface area contributed by atoms with E-state index in [0.29, 0.717) is 18.1 Å². The van der Waals surface area contributed by atoms with E-state index < -0.39 is 5.97 Å². The lowest BCUT2D eigenvalue weighted by Crippen LogP contribution is -2.25. The molecule has 1 amide bonds. The van der Waals surface area contributed by atoms with Gasteiger partial charge in [-0.15, -0.1) is 10.2 Å². The molecule has 0 saturated carbocycles. The molecule has 5 aromatic rings. The van der Waals surface area contributed by atoms with Gasteiger partial charge in [-0.2, -0.15) is 10.3 Å². The van der Waals surface area contributed by atoms with Crippen LogP contribution in [0.2, 0.25) is 0 Å². The van der Waals surface area contributed by atoms with Crippen LogP contribution < -0.4 is 4.90 Å². The van der Waals surface area contributed by atoms with E-state index in [1.165, 1.54) is 11.8 Å². The number of aromatic nitrogens is 6. The average Bonchev–Trinajstić information content (AvgIpc) is 3.64. The third-order valence-electron chi connectivity index (χ3n) is 6.88. The molecule has 10 nitrogen and oxygen atoms in total. The van der Waals surface area contributed by atoms with E-state index in [0.717, 1.165) is 27.8 Å². The molecule has 0 spiro atoms. The molecule has 2 heterocycles. The number of anilines is 2. The summed E-state index contributed by atoms with van der Waals surface area (Å²) < 4.78 is 6.98. The zero-order valence-electron chi connectivity index (χ0n) is 24.3. The molecule has 42 heavy (non-hydrogen) atoms. The summed E-state index contributed by atoms with van der Waals surface area (Å²) in [5, 5.41) is 19.1. The number of aromatic amines is 1. The second-order valence-electron chi connectivity index (χ2n) is 10.9. The van der Waals surface area contributed by atoms with E-state index in [4.69, 9.17) is 9.84 Å². The summed E-state index contributed by atoms with van der Waals surface area (Å²) >= 11 is 0. The topological polar surface area (TPSA) is 119 Å². The van der Waals surface area contributed by atoms with Gasteiger partial charge in [0.25, 0.3) is 0 Å². The van der Waals surface area contributed by atoms with Crippen molar-refractivity contribution in [3.63, 3.8) is 0 Å². The van der Waals surface area contributed by atoms with Crippen molar-refractivity contribution in [1.82, 2.24) is 30.4 Å². The summed E-state index contributed by atoms with van der Waals surface area (Å²) in [6.45, 7) is 10.2. The Morgan fingerprint density at radius 1 is 0.952 bits per heavy atom. The van der Waals surface area contributed by atoms with Gasteiger partial charge in [0.05, 0.1) is 18.8 Å². The first-order valence-electron chi connectivity index (χ1n) is 13.7. The highest BCUT2D eigenvalue weighted by atomic mass is 16.5. The Bertz CT molecular complexity index is 1680. The number of nitrogens with zero attached hydrogens (tertiary/aromatic N) is 6. The molecule has 0 radical (unpaired) electrons. The van der Waals surface area contributed by atoms with E-state index >= 15 is 0 Å². The van der Waals surface area contributed by atoms with Crippen molar-refractivity contribution >= 4 is 23.4 Å². The normalized spacial score (nSPS) is 11.4. The predicted octanol–water partition coefficient (Wildman–Crippen LogP) is 5.94. The second kappa shape index (κ2) is 11.8. The molecule has 0 aliphatic rings. The predicted molar refractivity (Wildman–Crippen MR) is 160 cm³/mol. The number of amides is 1. The van der Waals surface area contributed by atoms with Gasteiger partial charge in [-0.05, 0) is 51.9 Å². The fourth-order valence-corrected chi connectivity index (χ4v) is 4.76. The summed E-state index contributed by atoms with van der Waals surface area (Å²) in [5.41, 5.74) is 5.74. The number of hydrogen-bond donors (Lipinski definition) is 1. The minimum absolute atomic E-state index is 0.0398. The summed E-state index contributed by atoms with van der Waals surface area (Å²) in [4.78, 5) is 27.3. The number of H-pyrrole nitrogens is 1. The Morgan fingerprint density at radius 2 is 1.64 bits per heavy atom. The third-order valence-corrected chi connectivity index (χ3v) is 6.88. The maximum Gasteiger partial charge on any atom is 0.343 e. The van der Waals surface area contributed by atoms with Crippen molar-refractivity contribution in [2.24, 2.45) is 0 Å². The van der Waals surface area contributed by atoms with Crippen LogP contribution in [0.4, 0.5) is 11.5 Å².